The molecule has 4 nitrogen and oxygen atoms in total. The van der Waals surface area contributed by atoms with Crippen LogP contribution in [0.3, 0.4) is 0 Å². The zero-order chi connectivity index (χ0) is 11.9. The van der Waals surface area contributed by atoms with Crippen molar-refractivity contribution < 1.29 is 13.5 Å². The van der Waals surface area contributed by atoms with Crippen molar-refractivity contribution in [2.45, 2.75) is 6.42 Å². The van der Waals surface area contributed by atoms with E-state index in [1.807, 2.05) is 30.3 Å². The van der Waals surface area contributed by atoms with Crippen LogP contribution in [-0.2, 0) is 9.84 Å². The summed E-state index contributed by atoms with van der Waals surface area (Å²) in [5.74, 6) is -0.0221. The molecule has 0 amide bonds. The molecule has 0 aliphatic heterocycles. The lowest BCUT2D eigenvalue weighted by atomic mass is 10.3. The number of hydrogen-bond donors (Lipinski definition) is 2. The first kappa shape index (κ1) is 13.0. The highest BCUT2D eigenvalue weighted by Gasteiger charge is 2.08. The third-order valence-corrected chi connectivity index (χ3v) is 3.85. The predicted octanol–water partition coefficient (Wildman–Crippen LogP) is 0.896. The molecule has 2 N–H and O–H groups in total. The number of rotatable bonds is 7. The van der Waals surface area contributed by atoms with E-state index in [4.69, 9.17) is 5.11 Å². The molecule has 0 saturated carbocycles. The van der Waals surface area contributed by atoms with Crippen molar-refractivity contribution in [1.82, 2.24) is 0 Å². The first-order chi connectivity index (χ1) is 7.64. The molecule has 0 aromatic heterocycles. The summed E-state index contributed by atoms with van der Waals surface area (Å²) in [5, 5.41) is 11.7. The second kappa shape index (κ2) is 6.50. The van der Waals surface area contributed by atoms with E-state index < -0.39 is 9.84 Å². The number of benzene rings is 1. The molecule has 0 aliphatic carbocycles. The van der Waals surface area contributed by atoms with Crippen molar-refractivity contribution in [3.63, 3.8) is 0 Å². The summed E-state index contributed by atoms with van der Waals surface area (Å²) in [6.07, 6.45) is 0.553. The Kier molecular flexibility index (Phi) is 5.28. The average molecular weight is 243 g/mol. The van der Waals surface area contributed by atoms with Gasteiger partial charge in [-0.25, -0.2) is 8.42 Å². The molecule has 0 radical (unpaired) electrons. The summed E-state index contributed by atoms with van der Waals surface area (Å²) in [6.45, 7) is 0.323. The Bertz CT molecular complexity index is 389. The fourth-order valence-electron chi connectivity index (χ4n) is 1.32. The van der Waals surface area contributed by atoms with Crippen LogP contribution < -0.4 is 5.32 Å². The van der Waals surface area contributed by atoms with Crippen LogP contribution in [0, 0.1) is 0 Å². The summed E-state index contributed by atoms with van der Waals surface area (Å²) in [4.78, 5) is 0. The highest BCUT2D eigenvalue weighted by atomic mass is 32.2. The minimum atomic E-state index is -3.08. The molecule has 0 bridgehead atoms. The van der Waals surface area contributed by atoms with Crippen LogP contribution in [-0.4, -0.2) is 38.2 Å². The topological polar surface area (TPSA) is 66.4 Å². The molecule has 90 valence electrons. The average Bonchev–Trinajstić information content (AvgIpc) is 2.26. The van der Waals surface area contributed by atoms with Gasteiger partial charge >= 0.3 is 0 Å². The second-order valence-corrected chi connectivity index (χ2v) is 5.83. The molecule has 1 aromatic rings. The molecular formula is C11H17NO3S. The fourth-order valence-corrected chi connectivity index (χ4v) is 2.39. The van der Waals surface area contributed by atoms with Gasteiger partial charge in [0.15, 0.2) is 9.84 Å². The lowest BCUT2D eigenvalue weighted by Crippen LogP contribution is -2.16. The van der Waals surface area contributed by atoms with Gasteiger partial charge in [-0.1, -0.05) is 18.2 Å². The number of hydrogen-bond acceptors (Lipinski definition) is 4. The van der Waals surface area contributed by atoms with Crippen molar-refractivity contribution >= 4 is 15.5 Å². The zero-order valence-electron chi connectivity index (χ0n) is 9.09. The maximum atomic E-state index is 11.3. The van der Waals surface area contributed by atoms with Gasteiger partial charge in [-0.2, -0.15) is 0 Å². The van der Waals surface area contributed by atoms with Gasteiger partial charge in [-0.3, -0.25) is 0 Å². The summed E-state index contributed by atoms with van der Waals surface area (Å²) in [6, 6.07) is 9.64. The van der Waals surface area contributed by atoms with Crippen LogP contribution >= 0.6 is 0 Å². The number of para-hydroxylation sites is 1. The van der Waals surface area contributed by atoms with Gasteiger partial charge in [-0.15, -0.1) is 0 Å². The van der Waals surface area contributed by atoms with Crippen LogP contribution in [0.15, 0.2) is 30.3 Å². The number of anilines is 1. The maximum absolute atomic E-state index is 11.3. The van der Waals surface area contributed by atoms with Gasteiger partial charge in [0.05, 0.1) is 18.1 Å². The van der Waals surface area contributed by atoms with Gasteiger partial charge in [0.2, 0.25) is 0 Å². The van der Waals surface area contributed by atoms with E-state index in [9.17, 15) is 8.42 Å². The van der Waals surface area contributed by atoms with Crippen LogP contribution in [0.1, 0.15) is 6.42 Å². The van der Waals surface area contributed by atoms with Gasteiger partial charge in [0.1, 0.15) is 0 Å². The van der Waals surface area contributed by atoms with Crippen molar-refractivity contribution in [3.05, 3.63) is 30.3 Å². The van der Waals surface area contributed by atoms with Crippen molar-refractivity contribution in [2.24, 2.45) is 0 Å². The third kappa shape index (κ3) is 5.14. The smallest absolute Gasteiger partial charge is 0.152 e. The molecule has 0 aliphatic rings. The summed E-state index contributed by atoms with van der Waals surface area (Å²) in [7, 11) is -3.08. The summed E-state index contributed by atoms with van der Waals surface area (Å²) in [5.41, 5.74) is 0.988. The Morgan fingerprint density at radius 3 is 2.44 bits per heavy atom. The maximum Gasteiger partial charge on any atom is 0.152 e. The number of sulfone groups is 1. The first-order valence-corrected chi connectivity index (χ1v) is 7.06. The SMILES string of the molecule is O=S(=O)(CCO)CCCNc1ccccc1. The number of aliphatic hydroxyl groups is 1. The van der Waals surface area contributed by atoms with E-state index in [0.29, 0.717) is 13.0 Å². The molecule has 0 saturated heterocycles. The quantitative estimate of drug-likeness (QED) is 0.698. The zero-order valence-corrected chi connectivity index (χ0v) is 9.91. The van der Waals surface area contributed by atoms with Crippen molar-refractivity contribution in [3.8, 4) is 0 Å². The van der Waals surface area contributed by atoms with Gasteiger partial charge < -0.3 is 10.4 Å². The van der Waals surface area contributed by atoms with Crippen LogP contribution in [0.5, 0.6) is 0 Å². The third-order valence-electron chi connectivity index (χ3n) is 2.14. The normalized spacial score (nSPS) is 11.3. The van der Waals surface area contributed by atoms with Crippen LogP contribution in [0.2, 0.25) is 0 Å². The second-order valence-electron chi connectivity index (χ2n) is 3.52. The Balaban J connectivity index is 2.22. The Labute approximate surface area is 96.2 Å². The highest BCUT2D eigenvalue weighted by molar-refractivity contribution is 7.91. The van der Waals surface area contributed by atoms with Crippen molar-refractivity contribution in [1.29, 1.82) is 0 Å². The van der Waals surface area contributed by atoms with E-state index in [0.717, 1.165) is 5.69 Å². The lowest BCUT2D eigenvalue weighted by molar-refractivity contribution is 0.319. The Morgan fingerprint density at radius 2 is 1.81 bits per heavy atom. The minimum absolute atomic E-state index is 0.118. The molecule has 0 spiro atoms. The summed E-state index contributed by atoms with van der Waals surface area (Å²) >= 11 is 0. The first-order valence-electron chi connectivity index (χ1n) is 5.24. The predicted molar refractivity (Wildman–Crippen MR) is 65.3 cm³/mol. The molecule has 0 unspecified atom stereocenters. The molecule has 0 fully saturated rings. The van der Waals surface area contributed by atoms with E-state index in [2.05, 4.69) is 5.32 Å². The fraction of sp³-hybridized carbons (Fsp3) is 0.455. The molecule has 1 rings (SSSR count). The Hall–Kier alpha value is -1.07. The van der Waals surface area contributed by atoms with E-state index >= 15 is 0 Å². The number of aliphatic hydroxyl groups excluding tert-OH is 1. The van der Waals surface area contributed by atoms with E-state index in [1.165, 1.54) is 0 Å². The van der Waals surface area contributed by atoms with Gasteiger partial charge in [0.25, 0.3) is 0 Å². The monoisotopic (exact) mass is 243 g/mol. The molecule has 1 aromatic carbocycles. The van der Waals surface area contributed by atoms with Gasteiger partial charge in [-0.05, 0) is 18.6 Å². The van der Waals surface area contributed by atoms with Gasteiger partial charge in [0, 0.05) is 12.2 Å². The summed E-state index contributed by atoms with van der Waals surface area (Å²) < 4.78 is 22.5. The Morgan fingerprint density at radius 1 is 1.12 bits per heavy atom. The molecule has 5 heteroatoms. The molecule has 0 heterocycles. The van der Waals surface area contributed by atoms with E-state index in [1.54, 1.807) is 0 Å². The largest absolute Gasteiger partial charge is 0.395 e. The van der Waals surface area contributed by atoms with Crippen molar-refractivity contribution in [2.75, 3.05) is 30.0 Å². The standard InChI is InChI=1S/C11H17NO3S/c13-8-10-16(14,15)9-4-7-12-11-5-2-1-3-6-11/h1-3,5-6,12-13H,4,7-10H2. The van der Waals surface area contributed by atoms with Crippen LogP contribution in [0.25, 0.3) is 0 Å². The minimum Gasteiger partial charge on any atom is -0.395 e. The number of nitrogens with one attached hydrogen (secondary N) is 1. The lowest BCUT2D eigenvalue weighted by Gasteiger charge is -2.06. The molecule has 0 atom stereocenters. The van der Waals surface area contributed by atoms with Crippen LogP contribution in [0.4, 0.5) is 5.69 Å². The van der Waals surface area contributed by atoms with E-state index in [-0.39, 0.29) is 18.1 Å². The molecular weight excluding hydrogens is 226 g/mol. The molecule has 16 heavy (non-hydrogen) atoms. The highest BCUT2D eigenvalue weighted by Crippen LogP contribution is 2.04.